The van der Waals surface area contributed by atoms with Gasteiger partial charge in [-0.3, -0.25) is 4.79 Å². The summed E-state index contributed by atoms with van der Waals surface area (Å²) >= 11 is 0. The molecule has 1 aliphatic rings. The molecule has 2 aromatic rings. The monoisotopic (exact) mass is 408 g/mol. The van der Waals surface area contributed by atoms with Crippen LogP contribution in [0.2, 0.25) is 0 Å². The summed E-state index contributed by atoms with van der Waals surface area (Å²) < 4.78 is 6.19. The Morgan fingerprint density at radius 3 is 2.53 bits per heavy atom. The second-order valence-corrected chi connectivity index (χ2v) is 8.18. The Hall–Kier alpha value is -3.05. The van der Waals surface area contributed by atoms with Crippen LogP contribution in [0.3, 0.4) is 0 Å². The van der Waals surface area contributed by atoms with Crippen molar-refractivity contribution in [3.8, 4) is 17.2 Å². The molecule has 2 aromatic carbocycles. The van der Waals surface area contributed by atoms with E-state index >= 15 is 0 Å². The normalized spacial score (nSPS) is 20.5. The van der Waals surface area contributed by atoms with Crippen LogP contribution in [-0.2, 0) is 6.42 Å². The number of allylic oxidation sites excluding steroid dienone is 3. The summed E-state index contributed by atoms with van der Waals surface area (Å²) in [5.74, 6) is 0.239. The number of carbonyl (C=O) groups is 1. The number of aliphatic hydroxyl groups is 1. The van der Waals surface area contributed by atoms with Gasteiger partial charge in [0, 0.05) is 12.0 Å². The first kappa shape index (κ1) is 21.7. The van der Waals surface area contributed by atoms with Gasteiger partial charge in [0.15, 0.2) is 5.78 Å². The van der Waals surface area contributed by atoms with E-state index in [4.69, 9.17) is 4.74 Å². The number of phenolic OH excluding ortho intramolecular Hbond substituents is 2. The van der Waals surface area contributed by atoms with Crippen LogP contribution in [0.1, 0.15) is 55.1 Å². The van der Waals surface area contributed by atoms with E-state index in [0.717, 1.165) is 12.0 Å². The molecule has 0 bridgehead atoms. The van der Waals surface area contributed by atoms with E-state index in [1.54, 1.807) is 36.4 Å². The molecule has 30 heavy (non-hydrogen) atoms. The fraction of sp³-hybridized carbons (Fsp3) is 0.320. The molecular formula is C25H28O5. The van der Waals surface area contributed by atoms with E-state index in [1.807, 2.05) is 20.8 Å². The van der Waals surface area contributed by atoms with Gasteiger partial charge in [-0.1, -0.05) is 29.9 Å². The van der Waals surface area contributed by atoms with E-state index in [2.05, 4.69) is 6.08 Å². The van der Waals surface area contributed by atoms with Crippen molar-refractivity contribution in [1.29, 1.82) is 0 Å². The summed E-state index contributed by atoms with van der Waals surface area (Å²) in [6, 6.07) is 9.52. The smallest absolute Gasteiger partial charge is 0.189 e. The van der Waals surface area contributed by atoms with Crippen LogP contribution in [0.15, 0.2) is 54.1 Å². The quantitative estimate of drug-likeness (QED) is 0.363. The third kappa shape index (κ3) is 4.74. The molecule has 0 aliphatic carbocycles. The predicted octanol–water partition coefficient (Wildman–Crippen LogP) is 4.79. The van der Waals surface area contributed by atoms with Gasteiger partial charge in [-0.25, -0.2) is 0 Å². The van der Waals surface area contributed by atoms with Crippen molar-refractivity contribution in [2.75, 3.05) is 0 Å². The zero-order valence-corrected chi connectivity index (χ0v) is 17.6. The van der Waals surface area contributed by atoms with E-state index in [-0.39, 0.29) is 23.7 Å². The topological polar surface area (TPSA) is 87.0 Å². The number of carbonyl (C=O) groups excluding carboxylic acids is 1. The van der Waals surface area contributed by atoms with Gasteiger partial charge in [-0.15, -0.1) is 0 Å². The van der Waals surface area contributed by atoms with Crippen LogP contribution < -0.4 is 4.74 Å². The maximum absolute atomic E-state index is 12.9. The lowest BCUT2D eigenvalue weighted by atomic mass is 9.84. The number of benzene rings is 2. The van der Waals surface area contributed by atoms with Gasteiger partial charge in [-0.2, -0.15) is 0 Å². The number of hydrogen-bond donors (Lipinski definition) is 3. The molecule has 0 aromatic heterocycles. The third-order valence-electron chi connectivity index (χ3n) is 5.45. The molecule has 2 unspecified atom stereocenters. The summed E-state index contributed by atoms with van der Waals surface area (Å²) in [7, 11) is 0. The number of hydrogen-bond acceptors (Lipinski definition) is 5. The summed E-state index contributed by atoms with van der Waals surface area (Å²) in [6.07, 6.45) is 5.95. The van der Waals surface area contributed by atoms with E-state index in [0.29, 0.717) is 23.3 Å². The van der Waals surface area contributed by atoms with Gasteiger partial charge in [0.05, 0.1) is 11.7 Å². The molecule has 3 rings (SSSR count). The molecule has 2 atom stereocenters. The minimum atomic E-state index is -0.859. The number of ether oxygens (including phenoxy) is 1. The first-order valence-electron chi connectivity index (χ1n) is 10.1. The van der Waals surface area contributed by atoms with Crippen molar-refractivity contribution in [3.63, 3.8) is 0 Å². The second kappa shape index (κ2) is 8.76. The fourth-order valence-corrected chi connectivity index (χ4v) is 3.55. The highest BCUT2D eigenvalue weighted by Gasteiger charge is 2.41. The molecule has 0 amide bonds. The molecule has 5 nitrogen and oxygen atoms in total. The average Bonchev–Trinajstić information content (AvgIpc) is 2.69. The van der Waals surface area contributed by atoms with Crippen LogP contribution in [0.25, 0.3) is 6.08 Å². The second-order valence-electron chi connectivity index (χ2n) is 8.18. The van der Waals surface area contributed by atoms with Crippen molar-refractivity contribution in [1.82, 2.24) is 0 Å². The number of fused-ring (bicyclic) bond motifs is 1. The Bertz CT molecular complexity index is 983. The summed E-state index contributed by atoms with van der Waals surface area (Å²) in [5, 5.41) is 30.3. The van der Waals surface area contributed by atoms with Gasteiger partial charge in [0.2, 0.25) is 0 Å². The van der Waals surface area contributed by atoms with Gasteiger partial charge < -0.3 is 20.1 Å². The SMILES string of the molecule is CC(C)=CCCC1(C)Oc2c(C(=O)/C=C/c3ccc(O)cc3)ccc(O)c2CC1O. The van der Waals surface area contributed by atoms with E-state index in [1.165, 1.54) is 17.7 Å². The largest absolute Gasteiger partial charge is 0.508 e. The molecule has 1 aliphatic heterocycles. The van der Waals surface area contributed by atoms with Crippen LogP contribution in [0.4, 0.5) is 0 Å². The molecule has 158 valence electrons. The first-order chi connectivity index (χ1) is 14.2. The third-order valence-corrected chi connectivity index (χ3v) is 5.45. The summed E-state index contributed by atoms with van der Waals surface area (Å²) in [4.78, 5) is 12.9. The van der Waals surface area contributed by atoms with Gasteiger partial charge in [-0.05, 0) is 69.5 Å². The molecule has 3 N–H and O–H groups in total. The molecule has 0 radical (unpaired) electrons. The van der Waals surface area contributed by atoms with Crippen LogP contribution in [0.5, 0.6) is 17.2 Å². The van der Waals surface area contributed by atoms with Crippen molar-refractivity contribution >= 4 is 11.9 Å². The average molecular weight is 408 g/mol. The number of phenols is 2. The van der Waals surface area contributed by atoms with Crippen molar-refractivity contribution in [2.45, 2.75) is 51.7 Å². The Kier molecular flexibility index (Phi) is 6.32. The minimum absolute atomic E-state index is 0.00876. The predicted molar refractivity (Wildman–Crippen MR) is 117 cm³/mol. The molecule has 0 saturated carbocycles. The molecular weight excluding hydrogens is 380 g/mol. The summed E-state index contributed by atoms with van der Waals surface area (Å²) in [6.45, 7) is 5.88. The minimum Gasteiger partial charge on any atom is -0.508 e. The van der Waals surface area contributed by atoms with E-state index in [9.17, 15) is 20.1 Å². The van der Waals surface area contributed by atoms with Gasteiger partial charge >= 0.3 is 0 Å². The van der Waals surface area contributed by atoms with Crippen LogP contribution >= 0.6 is 0 Å². The standard InChI is InChI=1S/C25H28O5/c1-16(2)5-4-14-25(3)23(29)15-20-22(28)13-11-19(24(20)30-25)21(27)12-8-17-6-9-18(26)10-7-17/h5-13,23,26,28-29H,4,14-15H2,1-3H3/b12-8+. The van der Waals surface area contributed by atoms with Crippen LogP contribution in [0, 0.1) is 0 Å². The maximum atomic E-state index is 12.9. The van der Waals surface area contributed by atoms with Crippen LogP contribution in [-0.4, -0.2) is 32.8 Å². The number of ketones is 1. The lowest BCUT2D eigenvalue weighted by Gasteiger charge is -2.40. The molecule has 1 heterocycles. The zero-order chi connectivity index (χ0) is 21.9. The highest BCUT2D eigenvalue weighted by Crippen LogP contribution is 2.42. The Morgan fingerprint density at radius 2 is 1.87 bits per heavy atom. The van der Waals surface area contributed by atoms with Crippen molar-refractivity contribution in [3.05, 3.63) is 70.8 Å². The zero-order valence-electron chi connectivity index (χ0n) is 17.6. The van der Waals surface area contributed by atoms with Crippen molar-refractivity contribution < 1.29 is 24.9 Å². The highest BCUT2D eigenvalue weighted by atomic mass is 16.5. The number of aromatic hydroxyl groups is 2. The molecule has 0 fully saturated rings. The lowest BCUT2D eigenvalue weighted by Crippen LogP contribution is -2.49. The Morgan fingerprint density at radius 1 is 1.17 bits per heavy atom. The number of aliphatic hydroxyl groups excluding tert-OH is 1. The Balaban J connectivity index is 1.89. The Labute approximate surface area is 177 Å². The van der Waals surface area contributed by atoms with E-state index < -0.39 is 11.7 Å². The summed E-state index contributed by atoms with van der Waals surface area (Å²) in [5.41, 5.74) is 1.90. The highest BCUT2D eigenvalue weighted by molar-refractivity contribution is 6.09. The first-order valence-corrected chi connectivity index (χ1v) is 10.1. The lowest BCUT2D eigenvalue weighted by molar-refractivity contribution is -0.0595. The molecule has 5 heteroatoms. The van der Waals surface area contributed by atoms with Gasteiger partial charge in [0.1, 0.15) is 22.8 Å². The molecule has 0 spiro atoms. The van der Waals surface area contributed by atoms with Gasteiger partial charge in [0.25, 0.3) is 0 Å². The fourth-order valence-electron chi connectivity index (χ4n) is 3.55. The number of rotatable bonds is 6. The van der Waals surface area contributed by atoms with Crippen molar-refractivity contribution in [2.24, 2.45) is 0 Å². The molecule has 0 saturated heterocycles. The maximum Gasteiger partial charge on any atom is 0.189 e.